The van der Waals surface area contributed by atoms with Gasteiger partial charge in [-0.1, -0.05) is 36.7 Å². The molecule has 0 saturated carbocycles. The van der Waals surface area contributed by atoms with E-state index in [2.05, 4.69) is 6.92 Å². The summed E-state index contributed by atoms with van der Waals surface area (Å²) in [5.74, 6) is 1.41. The normalized spacial score (nSPS) is 12.0. The molecule has 0 aliphatic heterocycles. The van der Waals surface area contributed by atoms with Gasteiger partial charge in [-0.05, 0) is 36.2 Å². The first kappa shape index (κ1) is 15.7. The van der Waals surface area contributed by atoms with Crippen molar-refractivity contribution in [1.29, 1.82) is 0 Å². The number of rotatable bonds is 6. The van der Waals surface area contributed by atoms with Gasteiger partial charge in [0.15, 0.2) is 0 Å². The van der Waals surface area contributed by atoms with Crippen molar-refractivity contribution in [1.82, 2.24) is 0 Å². The predicted molar refractivity (Wildman–Crippen MR) is 84.3 cm³/mol. The SMILES string of the molecule is CCCOc1cccc(C(O)c2ccc(OC)cc2Cl)c1. The highest BCUT2D eigenvalue weighted by Gasteiger charge is 2.15. The molecule has 0 fully saturated rings. The van der Waals surface area contributed by atoms with Crippen LogP contribution < -0.4 is 9.47 Å². The lowest BCUT2D eigenvalue weighted by Crippen LogP contribution is -2.02. The molecule has 1 atom stereocenters. The Kier molecular flexibility index (Phi) is 5.48. The molecule has 3 nitrogen and oxygen atoms in total. The van der Waals surface area contributed by atoms with Crippen LogP contribution in [0.5, 0.6) is 11.5 Å². The Morgan fingerprint density at radius 1 is 1.14 bits per heavy atom. The lowest BCUT2D eigenvalue weighted by Gasteiger charge is -2.15. The van der Waals surface area contributed by atoms with Crippen molar-refractivity contribution >= 4 is 11.6 Å². The van der Waals surface area contributed by atoms with Gasteiger partial charge in [-0.15, -0.1) is 0 Å². The molecule has 4 heteroatoms. The fourth-order valence-electron chi connectivity index (χ4n) is 2.03. The summed E-state index contributed by atoms with van der Waals surface area (Å²) in [6.45, 7) is 2.71. The summed E-state index contributed by atoms with van der Waals surface area (Å²) < 4.78 is 10.7. The van der Waals surface area contributed by atoms with E-state index in [0.29, 0.717) is 22.9 Å². The lowest BCUT2D eigenvalue weighted by molar-refractivity contribution is 0.219. The van der Waals surface area contributed by atoms with E-state index >= 15 is 0 Å². The molecule has 2 aromatic carbocycles. The van der Waals surface area contributed by atoms with Crippen molar-refractivity contribution in [2.24, 2.45) is 0 Å². The summed E-state index contributed by atoms with van der Waals surface area (Å²) in [6.07, 6.45) is 0.144. The maximum absolute atomic E-state index is 10.5. The van der Waals surface area contributed by atoms with Crippen LogP contribution in [0.25, 0.3) is 0 Å². The zero-order valence-corrected chi connectivity index (χ0v) is 12.9. The van der Waals surface area contributed by atoms with E-state index in [-0.39, 0.29) is 0 Å². The summed E-state index contributed by atoms with van der Waals surface area (Å²) in [5.41, 5.74) is 1.39. The van der Waals surface area contributed by atoms with E-state index in [9.17, 15) is 5.11 Å². The van der Waals surface area contributed by atoms with Crippen LogP contribution >= 0.6 is 11.6 Å². The van der Waals surface area contributed by atoms with Crippen molar-refractivity contribution in [2.75, 3.05) is 13.7 Å². The van der Waals surface area contributed by atoms with E-state index < -0.39 is 6.10 Å². The second kappa shape index (κ2) is 7.34. The number of methoxy groups -OCH3 is 1. The molecule has 0 aromatic heterocycles. The Morgan fingerprint density at radius 3 is 2.62 bits per heavy atom. The molecule has 0 radical (unpaired) electrons. The van der Waals surface area contributed by atoms with Crippen LogP contribution in [-0.4, -0.2) is 18.8 Å². The lowest BCUT2D eigenvalue weighted by atomic mass is 10.0. The Bertz CT molecular complexity index is 598. The third-order valence-electron chi connectivity index (χ3n) is 3.15. The van der Waals surface area contributed by atoms with Crippen molar-refractivity contribution in [2.45, 2.75) is 19.4 Å². The van der Waals surface area contributed by atoms with Crippen molar-refractivity contribution in [3.8, 4) is 11.5 Å². The van der Waals surface area contributed by atoms with Crippen molar-refractivity contribution < 1.29 is 14.6 Å². The first-order chi connectivity index (χ1) is 10.2. The van der Waals surface area contributed by atoms with Crippen LogP contribution in [0.1, 0.15) is 30.6 Å². The van der Waals surface area contributed by atoms with Gasteiger partial charge in [-0.25, -0.2) is 0 Å². The van der Waals surface area contributed by atoms with Crippen LogP contribution in [0.4, 0.5) is 0 Å². The molecule has 0 spiro atoms. The zero-order chi connectivity index (χ0) is 15.2. The molecule has 0 aliphatic carbocycles. The Balaban J connectivity index is 2.25. The van der Waals surface area contributed by atoms with Gasteiger partial charge in [0.05, 0.1) is 18.7 Å². The monoisotopic (exact) mass is 306 g/mol. The fraction of sp³-hybridized carbons (Fsp3) is 0.294. The molecule has 21 heavy (non-hydrogen) atoms. The smallest absolute Gasteiger partial charge is 0.120 e. The number of hydrogen-bond donors (Lipinski definition) is 1. The largest absolute Gasteiger partial charge is 0.497 e. The minimum Gasteiger partial charge on any atom is -0.497 e. The van der Waals surface area contributed by atoms with Crippen LogP contribution in [0, 0.1) is 0 Å². The van der Waals surface area contributed by atoms with Crippen LogP contribution in [0.3, 0.4) is 0 Å². The van der Waals surface area contributed by atoms with Crippen molar-refractivity contribution in [3.63, 3.8) is 0 Å². The van der Waals surface area contributed by atoms with Crippen LogP contribution in [-0.2, 0) is 0 Å². The van der Waals surface area contributed by atoms with Gasteiger partial charge >= 0.3 is 0 Å². The molecule has 1 unspecified atom stereocenters. The topological polar surface area (TPSA) is 38.7 Å². The van der Waals surface area contributed by atoms with Gasteiger partial charge in [-0.2, -0.15) is 0 Å². The highest BCUT2D eigenvalue weighted by molar-refractivity contribution is 6.31. The Morgan fingerprint density at radius 2 is 1.95 bits per heavy atom. The molecule has 112 valence electrons. The van der Waals surface area contributed by atoms with Crippen LogP contribution in [0.15, 0.2) is 42.5 Å². The summed E-state index contributed by atoms with van der Waals surface area (Å²) in [7, 11) is 1.58. The first-order valence-electron chi connectivity index (χ1n) is 6.90. The molecule has 0 amide bonds. The number of benzene rings is 2. The van der Waals surface area contributed by atoms with Gasteiger partial charge in [0.25, 0.3) is 0 Å². The number of aliphatic hydroxyl groups excluding tert-OH is 1. The highest BCUT2D eigenvalue weighted by Crippen LogP contribution is 2.32. The maximum Gasteiger partial charge on any atom is 0.120 e. The Hall–Kier alpha value is -1.71. The standard InChI is InChI=1S/C17H19ClO3/c1-3-9-21-14-6-4-5-12(10-14)17(19)15-8-7-13(20-2)11-16(15)18/h4-8,10-11,17,19H,3,9H2,1-2H3. The molecule has 0 aliphatic rings. The third kappa shape index (κ3) is 3.90. The van der Waals surface area contributed by atoms with Gasteiger partial charge in [-0.3, -0.25) is 0 Å². The molecule has 0 heterocycles. The molecular formula is C17H19ClO3. The second-order valence-electron chi connectivity index (χ2n) is 4.71. The number of aliphatic hydroxyl groups is 1. The zero-order valence-electron chi connectivity index (χ0n) is 12.2. The van der Waals surface area contributed by atoms with E-state index in [4.69, 9.17) is 21.1 Å². The van der Waals surface area contributed by atoms with E-state index in [1.54, 1.807) is 25.3 Å². The first-order valence-corrected chi connectivity index (χ1v) is 7.27. The van der Waals surface area contributed by atoms with E-state index in [1.165, 1.54) is 0 Å². The van der Waals surface area contributed by atoms with Crippen molar-refractivity contribution in [3.05, 3.63) is 58.6 Å². The average Bonchev–Trinajstić information content (AvgIpc) is 2.52. The summed E-state index contributed by atoms with van der Waals surface area (Å²) in [4.78, 5) is 0. The van der Waals surface area contributed by atoms with Gasteiger partial charge in [0, 0.05) is 5.56 Å². The summed E-state index contributed by atoms with van der Waals surface area (Å²) in [6, 6.07) is 12.7. The van der Waals surface area contributed by atoms with Crippen LogP contribution in [0.2, 0.25) is 5.02 Å². The highest BCUT2D eigenvalue weighted by atomic mass is 35.5. The minimum atomic E-state index is -0.798. The van der Waals surface area contributed by atoms with E-state index in [0.717, 1.165) is 17.7 Å². The molecule has 0 bridgehead atoms. The quantitative estimate of drug-likeness (QED) is 0.868. The molecule has 0 saturated heterocycles. The van der Waals surface area contributed by atoms with Gasteiger partial charge in [0.2, 0.25) is 0 Å². The number of halogens is 1. The van der Waals surface area contributed by atoms with E-state index in [1.807, 2.05) is 24.3 Å². The summed E-state index contributed by atoms with van der Waals surface area (Å²) >= 11 is 6.21. The molecule has 2 rings (SSSR count). The Labute approximate surface area is 130 Å². The maximum atomic E-state index is 10.5. The molecular weight excluding hydrogens is 288 g/mol. The minimum absolute atomic E-state index is 0.474. The summed E-state index contributed by atoms with van der Waals surface area (Å²) in [5, 5.41) is 11.0. The second-order valence-corrected chi connectivity index (χ2v) is 5.12. The number of hydrogen-bond acceptors (Lipinski definition) is 3. The van der Waals surface area contributed by atoms with Gasteiger partial charge in [0.1, 0.15) is 17.6 Å². The third-order valence-corrected chi connectivity index (χ3v) is 3.48. The fourth-order valence-corrected chi connectivity index (χ4v) is 2.30. The average molecular weight is 307 g/mol. The molecule has 1 N–H and O–H groups in total. The predicted octanol–water partition coefficient (Wildman–Crippen LogP) is 4.22. The number of ether oxygens (including phenoxy) is 2. The van der Waals surface area contributed by atoms with Gasteiger partial charge < -0.3 is 14.6 Å². The molecule has 2 aromatic rings.